The molecule has 0 radical (unpaired) electrons. The summed E-state index contributed by atoms with van der Waals surface area (Å²) in [5.41, 5.74) is 2.31. The smallest absolute Gasteiger partial charge is 0.308 e. The summed E-state index contributed by atoms with van der Waals surface area (Å²) in [6.45, 7) is 2.93. The Morgan fingerprint density at radius 1 is 1.32 bits per heavy atom. The maximum absolute atomic E-state index is 11.8. The summed E-state index contributed by atoms with van der Waals surface area (Å²) in [5, 5.41) is 9.04. The fourth-order valence-electron chi connectivity index (χ4n) is 2.37. The van der Waals surface area contributed by atoms with E-state index in [4.69, 9.17) is 5.11 Å². The number of piperidine rings is 1. The van der Waals surface area contributed by atoms with E-state index in [0.29, 0.717) is 25.9 Å². The third-order valence-corrected chi connectivity index (χ3v) is 3.65. The molecule has 1 heterocycles. The Bertz CT molecular complexity index is 467. The number of carboxylic acids is 1. The topological polar surface area (TPSA) is 57.6 Å². The molecule has 0 spiro atoms. The Kier molecular flexibility index (Phi) is 4.20. The van der Waals surface area contributed by atoms with E-state index < -0.39 is 11.9 Å². The molecule has 0 aliphatic carbocycles. The van der Waals surface area contributed by atoms with Gasteiger partial charge in [0.15, 0.2) is 0 Å². The van der Waals surface area contributed by atoms with E-state index in [2.05, 4.69) is 19.1 Å². The van der Waals surface area contributed by atoms with E-state index >= 15 is 0 Å². The summed E-state index contributed by atoms with van der Waals surface area (Å²) in [6.07, 6.45) is 1.79. The average molecular weight is 261 g/mol. The highest BCUT2D eigenvalue weighted by Crippen LogP contribution is 2.20. The van der Waals surface area contributed by atoms with Gasteiger partial charge in [-0.3, -0.25) is 9.59 Å². The Morgan fingerprint density at radius 2 is 1.95 bits per heavy atom. The third kappa shape index (κ3) is 3.34. The molecular formula is C15H19NO3. The van der Waals surface area contributed by atoms with Crippen LogP contribution in [0.25, 0.3) is 0 Å². The fraction of sp³-hybridized carbons (Fsp3) is 0.467. The molecule has 1 fully saturated rings. The van der Waals surface area contributed by atoms with Crippen molar-refractivity contribution in [3.63, 3.8) is 0 Å². The maximum atomic E-state index is 11.8. The second kappa shape index (κ2) is 5.87. The van der Waals surface area contributed by atoms with E-state index in [-0.39, 0.29) is 5.91 Å². The van der Waals surface area contributed by atoms with Crippen molar-refractivity contribution in [3.05, 3.63) is 35.4 Å². The monoisotopic (exact) mass is 261 g/mol. The van der Waals surface area contributed by atoms with Gasteiger partial charge < -0.3 is 10.0 Å². The Balaban J connectivity index is 2.03. The average Bonchev–Trinajstić information content (AvgIpc) is 2.42. The molecule has 0 saturated carbocycles. The van der Waals surface area contributed by atoms with E-state index in [1.54, 1.807) is 4.90 Å². The predicted molar refractivity (Wildman–Crippen MR) is 71.6 cm³/mol. The fourth-order valence-corrected chi connectivity index (χ4v) is 2.37. The maximum Gasteiger partial charge on any atom is 0.308 e. The number of amides is 1. The van der Waals surface area contributed by atoms with Crippen LogP contribution in [0.15, 0.2) is 24.3 Å². The van der Waals surface area contributed by atoms with Gasteiger partial charge in [0.1, 0.15) is 0 Å². The molecule has 0 aromatic heterocycles. The number of carbonyl (C=O) groups is 2. The van der Waals surface area contributed by atoms with Crippen LogP contribution in [0.1, 0.15) is 30.9 Å². The Labute approximate surface area is 113 Å². The van der Waals surface area contributed by atoms with Crippen molar-refractivity contribution in [1.29, 1.82) is 0 Å². The zero-order chi connectivity index (χ0) is 13.8. The number of aliphatic carboxylic acids is 1. The van der Waals surface area contributed by atoms with E-state index in [9.17, 15) is 9.59 Å². The molecule has 102 valence electrons. The summed E-state index contributed by atoms with van der Waals surface area (Å²) in [4.78, 5) is 24.5. The number of carboxylic acid groups (broad SMARTS) is 1. The van der Waals surface area contributed by atoms with Crippen LogP contribution < -0.4 is 0 Å². The van der Waals surface area contributed by atoms with E-state index in [1.165, 1.54) is 5.56 Å². The first-order chi connectivity index (χ1) is 9.10. The van der Waals surface area contributed by atoms with E-state index in [0.717, 1.165) is 12.0 Å². The van der Waals surface area contributed by atoms with Gasteiger partial charge in [0.05, 0.1) is 5.92 Å². The van der Waals surface area contributed by atoms with Crippen LogP contribution in [0.3, 0.4) is 0 Å². The van der Waals surface area contributed by atoms with Crippen LogP contribution in [-0.2, 0) is 22.6 Å². The lowest BCUT2D eigenvalue weighted by atomic mass is 9.97. The highest BCUT2D eigenvalue weighted by Gasteiger charge is 2.29. The highest BCUT2D eigenvalue weighted by molar-refractivity contribution is 5.80. The lowest BCUT2D eigenvalue weighted by molar-refractivity contribution is -0.147. The molecule has 1 saturated heterocycles. The third-order valence-electron chi connectivity index (χ3n) is 3.65. The van der Waals surface area contributed by atoms with Crippen molar-refractivity contribution in [1.82, 2.24) is 4.90 Å². The molecule has 1 aromatic carbocycles. The quantitative estimate of drug-likeness (QED) is 0.902. The predicted octanol–water partition coefficient (Wildman–Crippen LogP) is 2.07. The van der Waals surface area contributed by atoms with Crippen molar-refractivity contribution in [2.45, 2.75) is 32.7 Å². The zero-order valence-corrected chi connectivity index (χ0v) is 11.1. The normalized spacial score (nSPS) is 19.5. The summed E-state index contributed by atoms with van der Waals surface area (Å²) in [6, 6.07) is 8.13. The molecule has 1 unspecified atom stereocenters. The molecule has 1 N–H and O–H groups in total. The molecule has 4 nitrogen and oxygen atoms in total. The molecule has 1 amide bonds. The second-order valence-corrected chi connectivity index (χ2v) is 5.02. The van der Waals surface area contributed by atoms with Crippen molar-refractivity contribution in [2.75, 3.05) is 6.54 Å². The number of rotatable bonds is 4. The van der Waals surface area contributed by atoms with Crippen LogP contribution in [0.2, 0.25) is 0 Å². The second-order valence-electron chi connectivity index (χ2n) is 5.02. The van der Waals surface area contributed by atoms with Gasteiger partial charge in [-0.25, -0.2) is 0 Å². The Morgan fingerprint density at radius 3 is 2.53 bits per heavy atom. The first-order valence-electron chi connectivity index (χ1n) is 6.68. The molecular weight excluding hydrogens is 242 g/mol. The first-order valence-corrected chi connectivity index (χ1v) is 6.68. The van der Waals surface area contributed by atoms with Crippen molar-refractivity contribution in [2.24, 2.45) is 5.92 Å². The van der Waals surface area contributed by atoms with Gasteiger partial charge in [-0.2, -0.15) is 0 Å². The van der Waals surface area contributed by atoms with Crippen molar-refractivity contribution < 1.29 is 14.7 Å². The summed E-state index contributed by atoms with van der Waals surface area (Å²) in [5.74, 6) is -1.18. The number of aryl methyl sites for hydroxylation is 1. The van der Waals surface area contributed by atoms with Gasteiger partial charge in [0, 0.05) is 19.5 Å². The van der Waals surface area contributed by atoms with Crippen LogP contribution in [-0.4, -0.2) is 28.4 Å². The van der Waals surface area contributed by atoms with Gasteiger partial charge in [-0.15, -0.1) is 0 Å². The largest absolute Gasteiger partial charge is 0.481 e. The number of likely N-dealkylation sites (tertiary alicyclic amines) is 1. The molecule has 4 heteroatoms. The molecule has 1 atom stereocenters. The van der Waals surface area contributed by atoms with Gasteiger partial charge in [-0.1, -0.05) is 31.2 Å². The summed E-state index contributed by atoms with van der Waals surface area (Å²) in [7, 11) is 0. The van der Waals surface area contributed by atoms with Gasteiger partial charge in [0.2, 0.25) is 5.91 Å². The zero-order valence-electron chi connectivity index (χ0n) is 11.1. The summed E-state index contributed by atoms with van der Waals surface area (Å²) >= 11 is 0. The Hall–Kier alpha value is -1.84. The van der Waals surface area contributed by atoms with Crippen molar-refractivity contribution in [3.8, 4) is 0 Å². The minimum absolute atomic E-state index is 0.0528. The SMILES string of the molecule is CCc1ccc(CN2CC(C(=O)O)CCC2=O)cc1. The van der Waals surface area contributed by atoms with Crippen LogP contribution in [0, 0.1) is 5.92 Å². The molecule has 1 aliphatic heterocycles. The minimum Gasteiger partial charge on any atom is -0.481 e. The molecule has 2 rings (SSSR count). The number of carbonyl (C=O) groups excluding carboxylic acids is 1. The van der Waals surface area contributed by atoms with Crippen LogP contribution in [0.5, 0.6) is 0 Å². The number of hydrogen-bond acceptors (Lipinski definition) is 2. The molecule has 0 bridgehead atoms. The standard InChI is InChI=1S/C15H19NO3/c1-2-11-3-5-12(6-4-11)9-16-10-13(15(18)19)7-8-14(16)17/h3-6,13H,2,7-10H2,1H3,(H,18,19). The first kappa shape index (κ1) is 13.6. The number of nitrogens with zero attached hydrogens (tertiary/aromatic N) is 1. The van der Waals surface area contributed by atoms with Gasteiger partial charge >= 0.3 is 5.97 Å². The lowest BCUT2D eigenvalue weighted by Gasteiger charge is -2.30. The number of hydrogen-bond donors (Lipinski definition) is 1. The number of benzene rings is 1. The minimum atomic E-state index is -0.807. The van der Waals surface area contributed by atoms with Gasteiger partial charge in [-0.05, 0) is 24.0 Å². The van der Waals surface area contributed by atoms with Crippen molar-refractivity contribution >= 4 is 11.9 Å². The van der Waals surface area contributed by atoms with Crippen LogP contribution in [0.4, 0.5) is 0 Å². The molecule has 1 aliphatic rings. The van der Waals surface area contributed by atoms with Gasteiger partial charge in [0.25, 0.3) is 0 Å². The molecule has 19 heavy (non-hydrogen) atoms. The molecule has 1 aromatic rings. The summed E-state index contributed by atoms with van der Waals surface area (Å²) < 4.78 is 0. The van der Waals surface area contributed by atoms with E-state index in [1.807, 2.05) is 12.1 Å². The highest BCUT2D eigenvalue weighted by atomic mass is 16.4. The van der Waals surface area contributed by atoms with Crippen LogP contribution >= 0.6 is 0 Å². The lowest BCUT2D eigenvalue weighted by Crippen LogP contribution is -2.41.